The van der Waals surface area contributed by atoms with E-state index in [1.807, 2.05) is 19.9 Å². The van der Waals surface area contributed by atoms with Crippen LogP contribution in [0.4, 0.5) is 17.3 Å². The summed E-state index contributed by atoms with van der Waals surface area (Å²) in [4.78, 5) is 8.46. The van der Waals surface area contributed by atoms with Crippen LogP contribution in [0.1, 0.15) is 18.1 Å². The summed E-state index contributed by atoms with van der Waals surface area (Å²) in [5.41, 5.74) is 2.41. The topological polar surface area (TPSA) is 73.6 Å². The van der Waals surface area contributed by atoms with Crippen molar-refractivity contribution in [2.24, 2.45) is 0 Å². The third kappa shape index (κ3) is 3.06. The molecule has 0 aliphatic carbocycles. The lowest BCUT2D eigenvalue weighted by molar-refractivity contribution is 1.08. The summed E-state index contributed by atoms with van der Waals surface area (Å²) in [7, 11) is 0. The fourth-order valence-electron chi connectivity index (χ4n) is 1.74. The van der Waals surface area contributed by atoms with E-state index >= 15 is 0 Å². The van der Waals surface area contributed by atoms with Gasteiger partial charge in [-0.1, -0.05) is 0 Å². The number of nitrogens with zero attached hydrogens (tertiary/aromatic N) is 3. The van der Waals surface area contributed by atoms with Crippen LogP contribution in [0, 0.1) is 18.3 Å². The Morgan fingerprint density at radius 2 is 2.05 bits per heavy atom. The maximum Gasteiger partial charge on any atom is 0.138 e. The Labute approximate surface area is 126 Å². The summed E-state index contributed by atoms with van der Waals surface area (Å²) in [6.45, 7) is 4.78. The van der Waals surface area contributed by atoms with Crippen LogP contribution in [-0.4, -0.2) is 16.5 Å². The number of anilines is 3. The Hall–Kier alpha value is -2.13. The van der Waals surface area contributed by atoms with Crippen molar-refractivity contribution in [3.8, 4) is 6.07 Å². The molecule has 0 aliphatic heterocycles. The first-order chi connectivity index (χ1) is 9.65. The molecule has 2 N–H and O–H groups in total. The number of hydrogen-bond donors (Lipinski definition) is 2. The highest BCUT2D eigenvalue weighted by Gasteiger charge is 2.08. The van der Waals surface area contributed by atoms with Gasteiger partial charge in [-0.25, -0.2) is 9.97 Å². The van der Waals surface area contributed by atoms with Crippen molar-refractivity contribution in [3.05, 3.63) is 40.1 Å². The number of nitrogens with one attached hydrogen (secondary N) is 2. The summed E-state index contributed by atoms with van der Waals surface area (Å²) in [6, 6.07) is 7.47. The van der Waals surface area contributed by atoms with Crippen molar-refractivity contribution in [1.29, 1.82) is 5.26 Å². The molecule has 102 valence electrons. The van der Waals surface area contributed by atoms with Crippen molar-refractivity contribution in [1.82, 2.24) is 9.97 Å². The SMILES string of the molecule is CCNc1ncnc(Nc2ccc(C#N)cc2Br)c1C. The van der Waals surface area contributed by atoms with Gasteiger partial charge >= 0.3 is 0 Å². The minimum Gasteiger partial charge on any atom is -0.370 e. The molecule has 5 nitrogen and oxygen atoms in total. The van der Waals surface area contributed by atoms with E-state index in [1.165, 1.54) is 6.33 Å². The van der Waals surface area contributed by atoms with Crippen LogP contribution >= 0.6 is 15.9 Å². The summed E-state index contributed by atoms with van der Waals surface area (Å²) < 4.78 is 0.819. The molecular weight excluding hydrogens is 318 g/mol. The third-order valence-corrected chi connectivity index (χ3v) is 3.44. The molecule has 0 saturated heterocycles. The minimum absolute atomic E-state index is 0.607. The van der Waals surface area contributed by atoms with Crippen molar-refractivity contribution in [2.45, 2.75) is 13.8 Å². The average molecular weight is 332 g/mol. The van der Waals surface area contributed by atoms with Crippen molar-refractivity contribution < 1.29 is 0 Å². The van der Waals surface area contributed by atoms with Crippen LogP contribution in [-0.2, 0) is 0 Å². The second-order valence-corrected chi connectivity index (χ2v) is 5.01. The maximum atomic E-state index is 8.86. The van der Waals surface area contributed by atoms with Gasteiger partial charge in [0.15, 0.2) is 0 Å². The monoisotopic (exact) mass is 331 g/mol. The Morgan fingerprint density at radius 3 is 2.70 bits per heavy atom. The highest BCUT2D eigenvalue weighted by Crippen LogP contribution is 2.28. The molecule has 0 aliphatic rings. The molecule has 0 atom stereocenters. The van der Waals surface area contributed by atoms with E-state index in [2.05, 4.69) is 42.6 Å². The second kappa shape index (κ2) is 6.35. The molecule has 0 amide bonds. The van der Waals surface area contributed by atoms with Gasteiger partial charge in [0.2, 0.25) is 0 Å². The molecular formula is C14H14BrN5. The lowest BCUT2D eigenvalue weighted by Gasteiger charge is -2.13. The van der Waals surface area contributed by atoms with Gasteiger partial charge in [0.05, 0.1) is 17.3 Å². The van der Waals surface area contributed by atoms with Gasteiger partial charge < -0.3 is 10.6 Å². The Morgan fingerprint density at radius 1 is 1.30 bits per heavy atom. The van der Waals surface area contributed by atoms with Gasteiger partial charge in [0.1, 0.15) is 18.0 Å². The maximum absolute atomic E-state index is 8.86. The van der Waals surface area contributed by atoms with Crippen LogP contribution < -0.4 is 10.6 Å². The van der Waals surface area contributed by atoms with E-state index < -0.39 is 0 Å². The van der Waals surface area contributed by atoms with Gasteiger partial charge in [-0.2, -0.15) is 5.26 Å². The fraction of sp³-hybridized carbons (Fsp3) is 0.214. The van der Waals surface area contributed by atoms with Gasteiger partial charge in [-0.05, 0) is 48.0 Å². The summed E-state index contributed by atoms with van der Waals surface area (Å²) in [6.07, 6.45) is 1.52. The van der Waals surface area contributed by atoms with Crippen LogP contribution in [0.2, 0.25) is 0 Å². The predicted octanol–water partition coefficient (Wildman–Crippen LogP) is 3.59. The minimum atomic E-state index is 0.607. The first-order valence-corrected chi connectivity index (χ1v) is 6.97. The molecule has 0 radical (unpaired) electrons. The van der Waals surface area contributed by atoms with Gasteiger partial charge in [-0.3, -0.25) is 0 Å². The second-order valence-electron chi connectivity index (χ2n) is 4.16. The molecule has 0 bridgehead atoms. The molecule has 1 aromatic heterocycles. The van der Waals surface area contributed by atoms with Gasteiger partial charge in [-0.15, -0.1) is 0 Å². The summed E-state index contributed by atoms with van der Waals surface area (Å²) in [5, 5.41) is 15.3. The highest BCUT2D eigenvalue weighted by molar-refractivity contribution is 9.10. The number of benzene rings is 1. The lowest BCUT2D eigenvalue weighted by Crippen LogP contribution is -2.05. The average Bonchev–Trinajstić information content (AvgIpc) is 2.45. The molecule has 0 spiro atoms. The van der Waals surface area contributed by atoms with E-state index in [0.717, 1.165) is 33.9 Å². The number of rotatable bonds is 4. The standard InChI is InChI=1S/C14H14BrN5/c1-3-17-13-9(2)14(19-8-18-13)20-12-5-4-10(7-16)6-11(12)15/h4-6,8H,3H2,1-2H3,(H2,17,18,19,20). The molecule has 2 rings (SSSR count). The fourth-order valence-corrected chi connectivity index (χ4v) is 2.21. The molecule has 0 fully saturated rings. The molecule has 1 aromatic carbocycles. The first kappa shape index (κ1) is 14.3. The smallest absolute Gasteiger partial charge is 0.138 e. The van der Waals surface area contributed by atoms with E-state index in [-0.39, 0.29) is 0 Å². The van der Waals surface area contributed by atoms with Crippen molar-refractivity contribution in [3.63, 3.8) is 0 Å². The number of aromatic nitrogens is 2. The van der Waals surface area contributed by atoms with E-state index in [0.29, 0.717) is 5.56 Å². The highest BCUT2D eigenvalue weighted by atomic mass is 79.9. The summed E-state index contributed by atoms with van der Waals surface area (Å²) >= 11 is 3.45. The third-order valence-electron chi connectivity index (χ3n) is 2.78. The lowest BCUT2D eigenvalue weighted by atomic mass is 10.2. The van der Waals surface area contributed by atoms with Crippen LogP contribution in [0.5, 0.6) is 0 Å². The zero-order valence-electron chi connectivity index (χ0n) is 11.2. The van der Waals surface area contributed by atoms with Crippen LogP contribution in [0.3, 0.4) is 0 Å². The largest absolute Gasteiger partial charge is 0.370 e. The number of hydrogen-bond acceptors (Lipinski definition) is 5. The van der Waals surface area contributed by atoms with Crippen molar-refractivity contribution in [2.75, 3.05) is 17.2 Å². The molecule has 2 aromatic rings. The van der Waals surface area contributed by atoms with Gasteiger partial charge in [0, 0.05) is 16.6 Å². The zero-order valence-corrected chi connectivity index (χ0v) is 12.8. The van der Waals surface area contributed by atoms with Crippen LogP contribution in [0.15, 0.2) is 29.0 Å². The number of halogens is 1. The first-order valence-electron chi connectivity index (χ1n) is 6.17. The Bertz CT molecular complexity index is 663. The van der Waals surface area contributed by atoms with E-state index in [9.17, 15) is 0 Å². The molecule has 0 saturated carbocycles. The molecule has 20 heavy (non-hydrogen) atoms. The molecule has 0 unspecified atom stereocenters. The number of nitriles is 1. The van der Waals surface area contributed by atoms with Crippen molar-refractivity contribution >= 4 is 33.3 Å². The van der Waals surface area contributed by atoms with E-state index in [4.69, 9.17) is 5.26 Å². The molecule has 1 heterocycles. The van der Waals surface area contributed by atoms with Gasteiger partial charge in [0.25, 0.3) is 0 Å². The zero-order chi connectivity index (χ0) is 14.5. The Kier molecular flexibility index (Phi) is 4.53. The summed E-state index contributed by atoms with van der Waals surface area (Å²) in [5.74, 6) is 1.55. The van der Waals surface area contributed by atoms with Crippen LogP contribution in [0.25, 0.3) is 0 Å². The van der Waals surface area contributed by atoms with E-state index in [1.54, 1.807) is 12.1 Å². The quantitative estimate of drug-likeness (QED) is 0.895. The normalized spacial score (nSPS) is 9.90. The Balaban J connectivity index is 2.31. The molecule has 6 heteroatoms. The predicted molar refractivity (Wildman–Crippen MR) is 83.1 cm³/mol.